The molecule has 130 valence electrons. The van der Waals surface area contributed by atoms with Crippen LogP contribution in [-0.2, 0) is 11.4 Å². The molecule has 0 N–H and O–H groups in total. The van der Waals surface area contributed by atoms with Crippen LogP contribution >= 0.6 is 24.0 Å². The lowest BCUT2D eigenvalue weighted by molar-refractivity contribution is -0.104. The largest absolute Gasteiger partial charge is 0.489 e. The van der Waals surface area contributed by atoms with Crippen molar-refractivity contribution in [1.82, 2.24) is 4.90 Å². The number of thiocarbonyl (C=S) groups is 1. The number of benzene rings is 2. The number of aryl methyl sites for hydroxylation is 1. The summed E-state index contributed by atoms with van der Waals surface area (Å²) in [5.74, 6) is 0.794. The van der Waals surface area contributed by atoms with Crippen LogP contribution in [0.2, 0.25) is 0 Å². The molecule has 0 aliphatic heterocycles. The molecule has 0 saturated carbocycles. The van der Waals surface area contributed by atoms with Crippen LogP contribution in [0.3, 0.4) is 0 Å². The number of allylic oxidation sites excluding steroid dienone is 1. The summed E-state index contributed by atoms with van der Waals surface area (Å²) in [5, 5.41) is 0. The van der Waals surface area contributed by atoms with E-state index in [1.54, 1.807) is 4.90 Å². The van der Waals surface area contributed by atoms with Gasteiger partial charge in [-0.15, -0.1) is 0 Å². The van der Waals surface area contributed by atoms with E-state index in [1.807, 2.05) is 56.6 Å². The fourth-order valence-corrected chi connectivity index (χ4v) is 2.99. The number of carbonyl (C=O) groups excluding carboxylic acids is 1. The molecular formula is C20H21NO2S2. The van der Waals surface area contributed by atoms with Gasteiger partial charge in [0, 0.05) is 14.1 Å². The second kappa shape index (κ2) is 9.39. The number of ether oxygens (including phenoxy) is 1. The molecule has 2 aromatic rings. The average molecular weight is 372 g/mol. The molecule has 0 aliphatic carbocycles. The summed E-state index contributed by atoms with van der Waals surface area (Å²) < 4.78 is 6.46. The van der Waals surface area contributed by atoms with Crippen molar-refractivity contribution in [2.75, 3.05) is 14.1 Å². The Kier molecular flexibility index (Phi) is 7.22. The highest BCUT2D eigenvalue weighted by atomic mass is 32.2. The third-order valence-corrected chi connectivity index (χ3v) is 4.97. The van der Waals surface area contributed by atoms with Gasteiger partial charge in [0.05, 0.1) is 4.91 Å². The molecule has 2 rings (SSSR count). The van der Waals surface area contributed by atoms with Crippen molar-refractivity contribution in [2.24, 2.45) is 0 Å². The van der Waals surface area contributed by atoms with E-state index in [-0.39, 0.29) is 0 Å². The zero-order valence-electron chi connectivity index (χ0n) is 14.6. The van der Waals surface area contributed by atoms with Gasteiger partial charge in [-0.25, -0.2) is 0 Å². The van der Waals surface area contributed by atoms with Gasteiger partial charge in [-0.3, -0.25) is 4.79 Å². The smallest absolute Gasteiger partial charge is 0.156 e. The van der Waals surface area contributed by atoms with Crippen LogP contribution in [0.25, 0.3) is 6.08 Å². The van der Waals surface area contributed by atoms with E-state index in [2.05, 4.69) is 19.1 Å². The number of hydrogen-bond acceptors (Lipinski definition) is 4. The maximum atomic E-state index is 11.2. The summed E-state index contributed by atoms with van der Waals surface area (Å²) in [7, 11) is 3.72. The zero-order valence-corrected chi connectivity index (χ0v) is 16.2. The molecule has 3 nitrogen and oxygen atoms in total. The molecule has 0 atom stereocenters. The highest BCUT2D eigenvalue weighted by Crippen LogP contribution is 2.22. The predicted molar refractivity (Wildman–Crippen MR) is 110 cm³/mol. The Hall–Kier alpha value is -2.11. The SMILES string of the molecule is Cc1cccc(COc2ccc(/C=C(/C=O)SC(=S)N(C)C)cc2)c1. The molecule has 0 aliphatic rings. The molecule has 0 bridgehead atoms. The number of nitrogens with zero attached hydrogens (tertiary/aromatic N) is 1. The van der Waals surface area contributed by atoms with Crippen LogP contribution in [0.1, 0.15) is 16.7 Å². The molecule has 0 radical (unpaired) electrons. The fourth-order valence-electron chi connectivity index (χ4n) is 2.07. The second-order valence-electron chi connectivity index (χ2n) is 5.77. The molecule has 0 saturated heterocycles. The number of carbonyl (C=O) groups is 1. The minimum absolute atomic E-state index is 0.531. The average Bonchev–Trinajstić information content (AvgIpc) is 2.60. The quantitative estimate of drug-likeness (QED) is 0.417. The Morgan fingerprint density at radius 1 is 1.20 bits per heavy atom. The van der Waals surface area contributed by atoms with E-state index in [4.69, 9.17) is 17.0 Å². The summed E-state index contributed by atoms with van der Waals surface area (Å²) >= 11 is 6.50. The van der Waals surface area contributed by atoms with Crippen molar-refractivity contribution in [3.05, 3.63) is 70.1 Å². The normalized spacial score (nSPS) is 11.1. The van der Waals surface area contributed by atoms with Gasteiger partial charge < -0.3 is 9.64 Å². The summed E-state index contributed by atoms with van der Waals surface area (Å²) in [4.78, 5) is 13.6. The first-order chi connectivity index (χ1) is 12.0. The second-order valence-corrected chi connectivity index (χ2v) is 7.48. The first-order valence-electron chi connectivity index (χ1n) is 7.82. The Balaban J connectivity index is 1.99. The van der Waals surface area contributed by atoms with Gasteiger partial charge in [0.1, 0.15) is 16.7 Å². The van der Waals surface area contributed by atoms with E-state index in [1.165, 1.54) is 17.3 Å². The molecule has 0 aromatic heterocycles. The molecule has 5 heteroatoms. The molecule has 0 fully saturated rings. The van der Waals surface area contributed by atoms with Crippen LogP contribution in [-0.4, -0.2) is 29.6 Å². The molecular weight excluding hydrogens is 350 g/mol. The molecule has 2 aromatic carbocycles. The molecule has 0 unspecified atom stereocenters. The number of hydrogen-bond donors (Lipinski definition) is 0. The van der Waals surface area contributed by atoms with Gasteiger partial charge in [0.25, 0.3) is 0 Å². The van der Waals surface area contributed by atoms with Gasteiger partial charge in [-0.2, -0.15) is 0 Å². The lowest BCUT2D eigenvalue weighted by atomic mass is 10.1. The Morgan fingerprint density at radius 2 is 1.92 bits per heavy atom. The third-order valence-electron chi connectivity index (χ3n) is 3.36. The standard InChI is InChI=1S/C20H21NO2S2/c1-15-5-4-6-17(11-15)14-23-18-9-7-16(8-10-18)12-19(13-22)25-20(24)21(2)3/h4-13H,14H2,1-3H3/b19-12-. The lowest BCUT2D eigenvalue weighted by Gasteiger charge is -2.12. The molecule has 0 heterocycles. The van der Waals surface area contributed by atoms with Crippen LogP contribution < -0.4 is 4.74 Å². The van der Waals surface area contributed by atoms with Crippen LogP contribution in [0, 0.1) is 6.92 Å². The predicted octanol–water partition coefficient (Wildman–Crippen LogP) is 4.69. The summed E-state index contributed by atoms with van der Waals surface area (Å²) in [6.07, 6.45) is 2.64. The van der Waals surface area contributed by atoms with E-state index in [0.717, 1.165) is 23.2 Å². The van der Waals surface area contributed by atoms with Gasteiger partial charge >= 0.3 is 0 Å². The maximum absolute atomic E-state index is 11.2. The highest BCUT2D eigenvalue weighted by Gasteiger charge is 2.05. The Morgan fingerprint density at radius 3 is 2.52 bits per heavy atom. The van der Waals surface area contributed by atoms with Crippen molar-refractivity contribution in [3.8, 4) is 5.75 Å². The topological polar surface area (TPSA) is 29.5 Å². The van der Waals surface area contributed by atoms with E-state index >= 15 is 0 Å². The molecule has 25 heavy (non-hydrogen) atoms. The summed E-state index contributed by atoms with van der Waals surface area (Å²) in [6, 6.07) is 15.9. The number of thioether (sulfide) groups is 1. The van der Waals surface area contributed by atoms with Gasteiger partial charge in [0.15, 0.2) is 6.29 Å². The van der Waals surface area contributed by atoms with E-state index in [0.29, 0.717) is 15.8 Å². The first-order valence-corrected chi connectivity index (χ1v) is 9.05. The number of aldehydes is 1. The third kappa shape index (κ3) is 6.36. The fraction of sp³-hybridized carbons (Fsp3) is 0.200. The molecule has 0 spiro atoms. The molecule has 0 amide bonds. The highest BCUT2D eigenvalue weighted by molar-refractivity contribution is 8.26. The maximum Gasteiger partial charge on any atom is 0.156 e. The van der Waals surface area contributed by atoms with Crippen molar-refractivity contribution < 1.29 is 9.53 Å². The first kappa shape index (κ1) is 19.2. The Bertz CT molecular complexity index is 768. The summed E-state index contributed by atoms with van der Waals surface area (Å²) in [5.41, 5.74) is 3.29. The minimum atomic E-state index is 0.531. The van der Waals surface area contributed by atoms with Gasteiger partial charge in [0.2, 0.25) is 0 Å². The lowest BCUT2D eigenvalue weighted by Crippen LogP contribution is -2.16. The zero-order chi connectivity index (χ0) is 18.2. The van der Waals surface area contributed by atoms with E-state index in [9.17, 15) is 4.79 Å². The number of rotatable bonds is 6. The van der Waals surface area contributed by atoms with Crippen molar-refractivity contribution >= 4 is 40.7 Å². The van der Waals surface area contributed by atoms with Crippen LogP contribution in [0.15, 0.2) is 53.4 Å². The summed E-state index contributed by atoms with van der Waals surface area (Å²) in [6.45, 7) is 2.60. The van der Waals surface area contributed by atoms with Crippen molar-refractivity contribution in [1.29, 1.82) is 0 Å². The monoisotopic (exact) mass is 371 g/mol. The van der Waals surface area contributed by atoms with Crippen LogP contribution in [0.4, 0.5) is 0 Å². The van der Waals surface area contributed by atoms with Gasteiger partial charge in [-0.05, 0) is 36.3 Å². The van der Waals surface area contributed by atoms with Gasteiger partial charge in [-0.1, -0.05) is 65.9 Å². The Labute approximate surface area is 158 Å². The van der Waals surface area contributed by atoms with Crippen molar-refractivity contribution in [3.63, 3.8) is 0 Å². The van der Waals surface area contributed by atoms with Crippen LogP contribution in [0.5, 0.6) is 5.75 Å². The van der Waals surface area contributed by atoms with Crippen molar-refractivity contribution in [2.45, 2.75) is 13.5 Å². The minimum Gasteiger partial charge on any atom is -0.489 e. The van der Waals surface area contributed by atoms with E-state index < -0.39 is 0 Å².